The zero-order chi connectivity index (χ0) is 31.8. The molecule has 4 unspecified atom stereocenters. The Bertz CT molecular complexity index is 2000. The highest BCUT2D eigenvalue weighted by Gasteiger charge is 2.53. The van der Waals surface area contributed by atoms with Crippen molar-refractivity contribution in [2.75, 3.05) is 18.9 Å². The van der Waals surface area contributed by atoms with Crippen LogP contribution in [0.2, 0.25) is 0 Å². The number of pyridine rings is 1. The van der Waals surface area contributed by atoms with Crippen molar-refractivity contribution in [3.8, 4) is 0 Å². The fourth-order valence-electron chi connectivity index (χ4n) is 5.93. The van der Waals surface area contributed by atoms with Gasteiger partial charge in [-0.2, -0.15) is 4.98 Å². The number of nitrogens with zero attached hydrogens (tertiary/aromatic N) is 5. The van der Waals surface area contributed by atoms with Gasteiger partial charge in [-0.05, 0) is 12.5 Å². The maximum atomic E-state index is 13.3. The van der Waals surface area contributed by atoms with E-state index in [0.717, 1.165) is 0 Å². The van der Waals surface area contributed by atoms with E-state index in [9.17, 15) is 33.9 Å². The highest BCUT2D eigenvalue weighted by molar-refractivity contribution is 7.71. The summed E-state index contributed by atoms with van der Waals surface area (Å²) in [4.78, 5) is 51.3. The van der Waals surface area contributed by atoms with Gasteiger partial charge in [-0.25, -0.2) is 19.1 Å². The maximum Gasteiger partial charge on any atom is 0.472 e. The van der Waals surface area contributed by atoms with Gasteiger partial charge in [-0.1, -0.05) is 12.2 Å². The van der Waals surface area contributed by atoms with Gasteiger partial charge in [-0.15, -0.1) is 0 Å². The molecule has 4 aromatic rings. The molecule has 0 amide bonds. The number of rotatable bonds is 2. The molecule has 10 atom stereocenters. The predicted molar refractivity (Wildman–Crippen MR) is 152 cm³/mol. The molecule has 20 nitrogen and oxygen atoms in total. The third-order valence-corrected chi connectivity index (χ3v) is 10.3. The van der Waals surface area contributed by atoms with Crippen molar-refractivity contribution >= 4 is 56.1 Å². The van der Waals surface area contributed by atoms with Crippen molar-refractivity contribution < 1.29 is 52.0 Å². The quantitative estimate of drug-likeness (QED) is 0.108. The number of nitrogens with two attached hydrogens (primary N) is 1. The number of nitrogens with one attached hydrogen (secondary N) is 2. The SMILES string of the molecule is Nc1nc2c(ncn2[C@@H]2C[C@@H]3COP(=O)(O)OC4[C@@H](COP(=O)(O)O[C@H]2C3O)O[C@@H](n2cnc3c(=S)cc[nH]c32)[C@H]4O)c(=O)[nH]1. The molecule has 1 saturated carbocycles. The fourth-order valence-corrected chi connectivity index (χ4v) is 8.12. The molecule has 0 spiro atoms. The number of H-pyrrole nitrogens is 2. The largest absolute Gasteiger partial charge is 0.472 e. The number of aromatic nitrogens is 7. The van der Waals surface area contributed by atoms with Crippen molar-refractivity contribution in [2.24, 2.45) is 5.92 Å². The summed E-state index contributed by atoms with van der Waals surface area (Å²) in [5, 5.41) is 22.3. The van der Waals surface area contributed by atoms with Crippen molar-refractivity contribution in [1.82, 2.24) is 34.1 Å². The number of imidazole rings is 2. The lowest BCUT2D eigenvalue weighted by molar-refractivity contribution is -0.0552. The molecule has 242 valence electrons. The number of aromatic amines is 2. The number of anilines is 1. The molecule has 0 aromatic carbocycles. The summed E-state index contributed by atoms with van der Waals surface area (Å²) in [5.74, 6) is -1.19. The first-order valence-electron chi connectivity index (χ1n) is 13.4. The van der Waals surface area contributed by atoms with E-state index in [1.165, 1.54) is 21.8 Å². The average molecular weight is 689 g/mol. The molecule has 23 heteroatoms. The van der Waals surface area contributed by atoms with Crippen LogP contribution in [0.5, 0.6) is 0 Å². The molecule has 3 aliphatic rings. The first-order valence-corrected chi connectivity index (χ1v) is 16.8. The lowest BCUT2D eigenvalue weighted by atomic mass is 10.1. The highest BCUT2D eigenvalue weighted by atomic mass is 32.1. The summed E-state index contributed by atoms with van der Waals surface area (Å²) in [7, 11) is -9.98. The van der Waals surface area contributed by atoms with E-state index in [4.69, 9.17) is 40.8 Å². The Morgan fingerprint density at radius 1 is 1.00 bits per heavy atom. The molecule has 2 saturated heterocycles. The van der Waals surface area contributed by atoms with Crippen LogP contribution >= 0.6 is 27.9 Å². The van der Waals surface area contributed by atoms with Crippen LogP contribution in [0.4, 0.5) is 5.95 Å². The zero-order valence-electron chi connectivity index (χ0n) is 22.7. The van der Waals surface area contributed by atoms with Crippen LogP contribution in [0.1, 0.15) is 18.7 Å². The summed E-state index contributed by atoms with van der Waals surface area (Å²) in [5.41, 5.74) is 5.73. The number of ether oxygens (including phenoxy) is 1. The number of aliphatic hydroxyl groups excluding tert-OH is 2. The van der Waals surface area contributed by atoms with E-state index in [1.54, 1.807) is 12.3 Å². The van der Waals surface area contributed by atoms with E-state index in [-0.39, 0.29) is 23.5 Å². The van der Waals surface area contributed by atoms with Crippen LogP contribution in [-0.4, -0.2) is 97.8 Å². The molecular weight excluding hydrogens is 662 g/mol. The lowest BCUT2D eigenvalue weighted by Gasteiger charge is -2.26. The van der Waals surface area contributed by atoms with Gasteiger partial charge in [0.2, 0.25) is 5.95 Å². The van der Waals surface area contributed by atoms with Crippen LogP contribution in [0.3, 0.4) is 0 Å². The van der Waals surface area contributed by atoms with Gasteiger partial charge in [0, 0.05) is 12.1 Å². The molecule has 7 rings (SSSR count). The Balaban J connectivity index is 1.21. The summed E-state index contributed by atoms with van der Waals surface area (Å²) in [6.45, 7) is -1.35. The molecule has 6 heterocycles. The van der Waals surface area contributed by atoms with Gasteiger partial charge < -0.3 is 40.0 Å². The van der Waals surface area contributed by atoms with Crippen LogP contribution in [0.25, 0.3) is 22.3 Å². The van der Waals surface area contributed by atoms with Crippen molar-refractivity contribution in [3.63, 3.8) is 0 Å². The second kappa shape index (κ2) is 11.1. The smallest absolute Gasteiger partial charge is 0.390 e. The van der Waals surface area contributed by atoms with E-state index >= 15 is 0 Å². The third-order valence-electron chi connectivity index (χ3n) is 7.98. The summed E-state index contributed by atoms with van der Waals surface area (Å²) in [6, 6.07) is 0.626. The van der Waals surface area contributed by atoms with Gasteiger partial charge in [0.15, 0.2) is 17.4 Å². The number of phosphoric acid groups is 2. The minimum atomic E-state index is -5.02. The molecule has 0 radical (unpaired) electrons. The van der Waals surface area contributed by atoms with Crippen LogP contribution in [0, 0.1) is 10.4 Å². The number of nitrogen functional groups attached to an aromatic ring is 1. The van der Waals surface area contributed by atoms with Crippen LogP contribution < -0.4 is 11.3 Å². The number of phosphoric ester groups is 2. The second-order valence-electron chi connectivity index (χ2n) is 10.7. The predicted octanol–water partition coefficient (Wildman–Crippen LogP) is 0.00749. The second-order valence-corrected chi connectivity index (χ2v) is 14.0. The molecule has 8 N–H and O–H groups in total. The molecule has 4 aromatic heterocycles. The van der Waals surface area contributed by atoms with Crippen molar-refractivity contribution in [3.05, 3.63) is 39.8 Å². The Morgan fingerprint density at radius 3 is 2.47 bits per heavy atom. The zero-order valence-corrected chi connectivity index (χ0v) is 25.3. The molecule has 2 bridgehead atoms. The lowest BCUT2D eigenvalue weighted by Crippen LogP contribution is -2.36. The first-order chi connectivity index (χ1) is 21.3. The van der Waals surface area contributed by atoms with Crippen LogP contribution in [-0.2, 0) is 32.0 Å². The van der Waals surface area contributed by atoms with Crippen molar-refractivity contribution in [2.45, 2.75) is 49.2 Å². The highest BCUT2D eigenvalue weighted by Crippen LogP contribution is 2.55. The Morgan fingerprint density at radius 2 is 1.69 bits per heavy atom. The van der Waals surface area contributed by atoms with Gasteiger partial charge in [0.1, 0.15) is 35.6 Å². The summed E-state index contributed by atoms with van der Waals surface area (Å²) < 4.78 is 56.7. The Labute approximate surface area is 255 Å². The molecular formula is C22H26N8O12P2S. The van der Waals surface area contributed by atoms with Crippen LogP contribution in [0.15, 0.2) is 29.7 Å². The number of hydrogen-bond acceptors (Lipinski definition) is 15. The Hall–Kier alpha value is -2.91. The number of hydrogen-bond donors (Lipinski definition) is 7. The number of aliphatic hydroxyl groups is 2. The van der Waals surface area contributed by atoms with Gasteiger partial charge in [0.25, 0.3) is 5.56 Å². The van der Waals surface area contributed by atoms with E-state index in [0.29, 0.717) is 15.7 Å². The topological polar surface area (TPSA) is 284 Å². The van der Waals surface area contributed by atoms with E-state index < -0.39 is 83.1 Å². The molecule has 1 aliphatic carbocycles. The minimum Gasteiger partial charge on any atom is -0.390 e. The maximum absolute atomic E-state index is 13.3. The molecule has 3 fully saturated rings. The average Bonchev–Trinajstić information content (AvgIpc) is 3.72. The number of fused-ring (bicyclic) bond motifs is 5. The van der Waals surface area contributed by atoms with E-state index in [2.05, 4.69) is 24.9 Å². The van der Waals surface area contributed by atoms with Gasteiger partial charge in [0.05, 0.1) is 42.5 Å². The summed E-state index contributed by atoms with van der Waals surface area (Å²) in [6.07, 6.45) is -4.87. The van der Waals surface area contributed by atoms with Crippen molar-refractivity contribution in [1.29, 1.82) is 0 Å². The normalized spacial score (nSPS) is 37.7. The molecule has 45 heavy (non-hydrogen) atoms. The van der Waals surface area contributed by atoms with Gasteiger partial charge >= 0.3 is 15.6 Å². The fraction of sp³-hybridized carbons (Fsp3) is 0.500. The standard InChI is InChI=1S/C22H26N8O12P2S/c23-22-27-19-13(20(33)28-22)26-6-29(19)9-3-8-4-38-43(34,35)42-17-10(5-39-44(36,37)41-16(9)14(8)31)40-21(15(17)32)30-7-25-12-11(45)1-2-24-18(12)30/h1-2,6-10,14-17,21,31-32H,3-5H2,(H,24,45)(H,34,35)(H,36,37)(H3,23,27,28,33)/t8-,9-,10-,14?,15+,16-,17?,21-/m1/s1. The third kappa shape index (κ3) is 5.47. The first kappa shape index (κ1) is 30.7. The van der Waals surface area contributed by atoms with Gasteiger partial charge in [-0.3, -0.25) is 32.4 Å². The molecule has 2 aliphatic heterocycles. The minimum absolute atomic E-state index is 0.00393. The van der Waals surface area contributed by atoms with E-state index in [1.807, 2.05) is 0 Å². The monoisotopic (exact) mass is 688 g/mol. The summed E-state index contributed by atoms with van der Waals surface area (Å²) >= 11 is 5.28. The Kier molecular flexibility index (Phi) is 7.59.